The van der Waals surface area contributed by atoms with Gasteiger partial charge in [0, 0.05) is 38.8 Å². The van der Waals surface area contributed by atoms with Crippen LogP contribution in [0.2, 0.25) is 5.02 Å². The molecule has 1 aliphatic rings. The highest BCUT2D eigenvalue weighted by atomic mass is 35.5. The molecule has 0 bridgehead atoms. The van der Waals surface area contributed by atoms with Crippen LogP contribution >= 0.6 is 11.6 Å². The number of carbonyl (C=O) groups is 2. The maximum atomic E-state index is 11.9. The van der Waals surface area contributed by atoms with E-state index in [0.717, 1.165) is 18.8 Å². The van der Waals surface area contributed by atoms with Crippen LogP contribution in [-0.4, -0.2) is 30.8 Å². The summed E-state index contributed by atoms with van der Waals surface area (Å²) < 4.78 is 10.1. The van der Waals surface area contributed by atoms with E-state index in [4.69, 9.17) is 21.1 Å². The van der Waals surface area contributed by atoms with Crippen LogP contribution in [0.5, 0.6) is 0 Å². The Bertz CT molecular complexity index is 659. The summed E-state index contributed by atoms with van der Waals surface area (Å²) in [6.45, 7) is 8.80. The minimum absolute atomic E-state index is 0.196. The van der Waals surface area contributed by atoms with Gasteiger partial charge in [-0.3, -0.25) is 0 Å². The SMILES string of the molecule is CCN(CC)c1ccc(NC=C2C(=O)OC(C)(C)OC2=O)cc1Cl. The number of ether oxygens (including phenoxy) is 2. The third-order valence-corrected chi connectivity index (χ3v) is 3.85. The number of benzene rings is 1. The van der Waals surface area contributed by atoms with Crippen LogP contribution in [0.4, 0.5) is 11.4 Å². The third kappa shape index (κ3) is 4.00. The topological polar surface area (TPSA) is 67.9 Å². The molecule has 0 aliphatic carbocycles. The van der Waals surface area contributed by atoms with Gasteiger partial charge in [-0.15, -0.1) is 0 Å². The van der Waals surface area contributed by atoms with Crippen molar-refractivity contribution in [1.82, 2.24) is 0 Å². The van der Waals surface area contributed by atoms with E-state index in [1.165, 1.54) is 20.0 Å². The molecule has 0 amide bonds. The average Bonchev–Trinajstić information content (AvgIpc) is 2.48. The molecule has 1 aliphatic heterocycles. The molecule has 2 rings (SSSR count). The van der Waals surface area contributed by atoms with Crippen LogP contribution in [0.3, 0.4) is 0 Å². The molecule has 0 saturated carbocycles. The normalized spacial score (nSPS) is 16.3. The van der Waals surface area contributed by atoms with Crippen LogP contribution in [0, 0.1) is 0 Å². The summed E-state index contributed by atoms with van der Waals surface area (Å²) >= 11 is 6.31. The predicted octanol–water partition coefficient (Wildman–Crippen LogP) is 3.32. The van der Waals surface area contributed by atoms with Crippen LogP contribution < -0.4 is 10.2 Å². The summed E-state index contributed by atoms with van der Waals surface area (Å²) in [5.41, 5.74) is 1.38. The summed E-state index contributed by atoms with van der Waals surface area (Å²) in [6.07, 6.45) is 1.27. The van der Waals surface area contributed by atoms with Crippen molar-refractivity contribution in [1.29, 1.82) is 0 Å². The van der Waals surface area contributed by atoms with Crippen LogP contribution in [0.15, 0.2) is 30.0 Å². The highest BCUT2D eigenvalue weighted by molar-refractivity contribution is 6.33. The number of carbonyl (C=O) groups excluding carboxylic acids is 2. The van der Waals surface area contributed by atoms with Gasteiger partial charge in [0.1, 0.15) is 0 Å². The molecule has 1 aromatic carbocycles. The summed E-state index contributed by atoms with van der Waals surface area (Å²) in [6, 6.07) is 5.44. The number of anilines is 2. The second-order valence-corrected chi connectivity index (χ2v) is 6.13. The summed E-state index contributed by atoms with van der Waals surface area (Å²) in [5, 5.41) is 3.46. The molecule has 1 fully saturated rings. The zero-order valence-corrected chi connectivity index (χ0v) is 14.9. The summed E-state index contributed by atoms with van der Waals surface area (Å²) in [4.78, 5) is 25.9. The monoisotopic (exact) mass is 352 g/mol. The van der Waals surface area contributed by atoms with Crippen molar-refractivity contribution >= 4 is 34.9 Å². The first-order valence-corrected chi connectivity index (χ1v) is 8.13. The first kappa shape index (κ1) is 18.1. The van der Waals surface area contributed by atoms with Gasteiger partial charge in [-0.1, -0.05) is 11.6 Å². The van der Waals surface area contributed by atoms with E-state index >= 15 is 0 Å². The molecule has 7 heteroatoms. The number of halogens is 1. The lowest BCUT2D eigenvalue weighted by Gasteiger charge is -2.29. The fourth-order valence-electron chi connectivity index (χ4n) is 2.35. The average molecular weight is 353 g/mol. The highest BCUT2D eigenvalue weighted by Crippen LogP contribution is 2.29. The van der Waals surface area contributed by atoms with Gasteiger partial charge >= 0.3 is 11.9 Å². The van der Waals surface area contributed by atoms with Gasteiger partial charge in [-0.05, 0) is 32.0 Å². The second-order valence-electron chi connectivity index (χ2n) is 5.72. The number of nitrogens with zero attached hydrogens (tertiary/aromatic N) is 1. The minimum Gasteiger partial charge on any atom is -0.419 e. The fraction of sp³-hybridized carbons (Fsp3) is 0.412. The van der Waals surface area contributed by atoms with Crippen molar-refractivity contribution in [2.45, 2.75) is 33.5 Å². The van der Waals surface area contributed by atoms with E-state index in [1.54, 1.807) is 6.07 Å². The number of cyclic esters (lactones) is 2. The van der Waals surface area contributed by atoms with E-state index in [9.17, 15) is 9.59 Å². The number of hydrogen-bond acceptors (Lipinski definition) is 6. The Morgan fingerprint density at radius 3 is 2.25 bits per heavy atom. The summed E-state index contributed by atoms with van der Waals surface area (Å²) in [5.74, 6) is -2.70. The Kier molecular flexibility index (Phi) is 5.39. The third-order valence-electron chi connectivity index (χ3n) is 3.55. The zero-order valence-electron chi connectivity index (χ0n) is 14.2. The van der Waals surface area contributed by atoms with Crippen molar-refractivity contribution in [3.63, 3.8) is 0 Å². The van der Waals surface area contributed by atoms with Crippen molar-refractivity contribution in [3.8, 4) is 0 Å². The number of esters is 2. The molecule has 0 radical (unpaired) electrons. The molecule has 0 aromatic heterocycles. The van der Waals surface area contributed by atoms with Gasteiger partial charge in [0.05, 0.1) is 10.7 Å². The van der Waals surface area contributed by atoms with Crippen molar-refractivity contribution in [3.05, 3.63) is 35.0 Å². The van der Waals surface area contributed by atoms with E-state index in [1.807, 2.05) is 12.1 Å². The minimum atomic E-state index is -1.25. The van der Waals surface area contributed by atoms with E-state index in [2.05, 4.69) is 24.1 Å². The Labute approximate surface area is 146 Å². The molecule has 0 unspecified atom stereocenters. The molecular formula is C17H21ClN2O4. The predicted molar refractivity (Wildman–Crippen MR) is 93.0 cm³/mol. The van der Waals surface area contributed by atoms with Crippen molar-refractivity contribution in [2.75, 3.05) is 23.3 Å². The lowest BCUT2D eigenvalue weighted by molar-refractivity contribution is -0.222. The maximum absolute atomic E-state index is 11.9. The second kappa shape index (κ2) is 7.13. The Balaban J connectivity index is 2.16. The Morgan fingerprint density at radius 1 is 1.17 bits per heavy atom. The molecule has 1 saturated heterocycles. The largest absolute Gasteiger partial charge is 0.419 e. The fourth-order valence-corrected chi connectivity index (χ4v) is 2.65. The van der Waals surface area contributed by atoms with Gasteiger partial charge in [-0.2, -0.15) is 0 Å². The first-order chi connectivity index (χ1) is 11.3. The van der Waals surface area contributed by atoms with E-state index in [-0.39, 0.29) is 5.57 Å². The van der Waals surface area contributed by atoms with Gasteiger partial charge < -0.3 is 19.7 Å². The quantitative estimate of drug-likeness (QED) is 0.498. The summed E-state index contributed by atoms with van der Waals surface area (Å²) in [7, 11) is 0. The molecule has 0 atom stereocenters. The zero-order chi connectivity index (χ0) is 17.9. The van der Waals surface area contributed by atoms with Crippen LogP contribution in [-0.2, 0) is 19.1 Å². The molecule has 1 aromatic rings. The molecule has 1 heterocycles. The molecule has 24 heavy (non-hydrogen) atoms. The standard InChI is InChI=1S/C17H21ClN2O4/c1-5-20(6-2)14-8-7-11(9-13(14)18)19-10-12-15(21)23-17(3,4)24-16(12)22/h7-10,19H,5-6H2,1-4H3. The number of nitrogens with one attached hydrogen (secondary N) is 1. The molecule has 6 nitrogen and oxygen atoms in total. The van der Waals surface area contributed by atoms with Gasteiger partial charge in [-0.25, -0.2) is 9.59 Å². The molecule has 1 N–H and O–H groups in total. The first-order valence-electron chi connectivity index (χ1n) is 7.75. The van der Waals surface area contributed by atoms with Crippen LogP contribution in [0.1, 0.15) is 27.7 Å². The molecule has 130 valence electrons. The van der Waals surface area contributed by atoms with Crippen molar-refractivity contribution < 1.29 is 19.1 Å². The number of rotatable bonds is 5. The van der Waals surface area contributed by atoms with Gasteiger partial charge in [0.15, 0.2) is 5.57 Å². The highest BCUT2D eigenvalue weighted by Gasteiger charge is 2.38. The maximum Gasteiger partial charge on any atom is 0.350 e. The van der Waals surface area contributed by atoms with Crippen LogP contribution in [0.25, 0.3) is 0 Å². The number of hydrogen-bond donors (Lipinski definition) is 1. The van der Waals surface area contributed by atoms with Gasteiger partial charge in [0.25, 0.3) is 5.79 Å². The van der Waals surface area contributed by atoms with Crippen molar-refractivity contribution in [2.24, 2.45) is 0 Å². The van der Waals surface area contributed by atoms with E-state index in [0.29, 0.717) is 10.7 Å². The lowest BCUT2D eigenvalue weighted by atomic mass is 10.2. The smallest absolute Gasteiger partial charge is 0.350 e. The lowest BCUT2D eigenvalue weighted by Crippen LogP contribution is -2.42. The molecule has 0 spiro atoms. The Hall–Kier alpha value is -2.21. The van der Waals surface area contributed by atoms with Gasteiger partial charge in [0.2, 0.25) is 0 Å². The molecular weight excluding hydrogens is 332 g/mol. The Morgan fingerprint density at radius 2 is 1.75 bits per heavy atom. The van der Waals surface area contributed by atoms with E-state index < -0.39 is 17.7 Å².